The Balaban J connectivity index is 2.27. The zero-order valence-electron chi connectivity index (χ0n) is 11.0. The number of rotatable bonds is 4. The fraction of sp³-hybridized carbons (Fsp3) is 0.500. The summed E-state index contributed by atoms with van der Waals surface area (Å²) in [6, 6.07) is 4.99. The van der Waals surface area contributed by atoms with E-state index in [9.17, 15) is 16.8 Å². The molecule has 5 nitrogen and oxygen atoms in total. The maximum Gasteiger partial charge on any atom is 0.261 e. The molecule has 0 radical (unpaired) electrons. The zero-order chi connectivity index (χ0) is 15.0. The largest absolute Gasteiger partial charge is 0.261 e. The first-order valence-electron chi connectivity index (χ1n) is 6.30. The lowest BCUT2D eigenvalue weighted by molar-refractivity contribution is 0.453. The molecule has 1 unspecified atom stereocenters. The van der Waals surface area contributed by atoms with E-state index in [1.54, 1.807) is 0 Å². The van der Waals surface area contributed by atoms with Crippen LogP contribution in [0.4, 0.5) is 0 Å². The van der Waals surface area contributed by atoms with Crippen molar-refractivity contribution in [2.24, 2.45) is 5.92 Å². The fourth-order valence-corrected chi connectivity index (χ4v) is 4.57. The molecule has 1 heterocycles. The summed E-state index contributed by atoms with van der Waals surface area (Å²) < 4.78 is 48.5. The average molecular weight is 338 g/mol. The van der Waals surface area contributed by atoms with E-state index >= 15 is 0 Å². The van der Waals surface area contributed by atoms with Gasteiger partial charge in [0.2, 0.25) is 10.0 Å². The second-order valence-electron chi connectivity index (χ2n) is 4.84. The van der Waals surface area contributed by atoms with Crippen LogP contribution in [0.1, 0.15) is 19.8 Å². The van der Waals surface area contributed by atoms with Crippen LogP contribution in [0.15, 0.2) is 34.1 Å². The van der Waals surface area contributed by atoms with Gasteiger partial charge in [0, 0.05) is 23.8 Å². The van der Waals surface area contributed by atoms with E-state index in [1.807, 2.05) is 6.92 Å². The van der Waals surface area contributed by atoms with Crippen LogP contribution in [-0.2, 0) is 19.1 Å². The Kier molecular flexibility index (Phi) is 4.44. The number of halogens is 1. The van der Waals surface area contributed by atoms with Gasteiger partial charge in [-0.15, -0.1) is 0 Å². The van der Waals surface area contributed by atoms with Crippen molar-refractivity contribution in [3.05, 3.63) is 24.3 Å². The molecule has 1 aromatic carbocycles. The molecule has 1 aliphatic rings. The normalized spacial score (nSPS) is 21.2. The van der Waals surface area contributed by atoms with Gasteiger partial charge in [-0.05, 0) is 36.6 Å². The highest BCUT2D eigenvalue weighted by molar-refractivity contribution is 8.13. The molecule has 8 heteroatoms. The first-order valence-corrected chi connectivity index (χ1v) is 10.0. The molecule has 0 bridgehead atoms. The van der Waals surface area contributed by atoms with Gasteiger partial charge in [0.15, 0.2) is 0 Å². The van der Waals surface area contributed by atoms with Crippen molar-refractivity contribution < 1.29 is 16.8 Å². The molecule has 1 aliphatic heterocycles. The van der Waals surface area contributed by atoms with Crippen molar-refractivity contribution in [3.63, 3.8) is 0 Å². The molecule has 20 heavy (non-hydrogen) atoms. The molecule has 1 aromatic rings. The van der Waals surface area contributed by atoms with Crippen molar-refractivity contribution in [2.45, 2.75) is 29.6 Å². The number of hydrogen-bond acceptors (Lipinski definition) is 4. The summed E-state index contributed by atoms with van der Waals surface area (Å²) in [5.41, 5.74) is 0. The SMILES string of the molecule is CCC1CCN(S(=O)(=O)c2ccc(S(=O)(=O)Cl)cc2)C1. The number of nitrogens with zero attached hydrogens (tertiary/aromatic N) is 1. The molecule has 0 spiro atoms. The Morgan fingerprint density at radius 3 is 2.15 bits per heavy atom. The number of hydrogen-bond donors (Lipinski definition) is 0. The summed E-state index contributed by atoms with van der Waals surface area (Å²) in [4.78, 5) is -0.00991. The summed E-state index contributed by atoms with van der Waals surface area (Å²) in [6.07, 6.45) is 1.82. The van der Waals surface area contributed by atoms with Crippen molar-refractivity contribution in [1.29, 1.82) is 0 Å². The van der Waals surface area contributed by atoms with Gasteiger partial charge in [0.1, 0.15) is 0 Å². The Bertz CT molecular complexity index is 683. The molecule has 1 fully saturated rings. The van der Waals surface area contributed by atoms with Gasteiger partial charge < -0.3 is 0 Å². The van der Waals surface area contributed by atoms with Crippen LogP contribution in [0.5, 0.6) is 0 Å². The van der Waals surface area contributed by atoms with Gasteiger partial charge in [0.25, 0.3) is 9.05 Å². The van der Waals surface area contributed by atoms with Crippen LogP contribution >= 0.6 is 10.7 Å². The number of benzene rings is 1. The maximum atomic E-state index is 12.4. The molecule has 112 valence electrons. The van der Waals surface area contributed by atoms with E-state index in [4.69, 9.17) is 10.7 Å². The van der Waals surface area contributed by atoms with Crippen molar-refractivity contribution in [2.75, 3.05) is 13.1 Å². The Labute approximate surface area is 124 Å². The van der Waals surface area contributed by atoms with Crippen molar-refractivity contribution in [3.8, 4) is 0 Å². The summed E-state index contributed by atoms with van der Waals surface area (Å²) in [6.45, 7) is 3.08. The predicted octanol–water partition coefficient (Wildman–Crippen LogP) is 2.03. The summed E-state index contributed by atoms with van der Waals surface area (Å²) in [5, 5.41) is 0. The topological polar surface area (TPSA) is 71.5 Å². The molecular weight excluding hydrogens is 322 g/mol. The molecule has 0 saturated carbocycles. The molecular formula is C12H16ClNO4S2. The van der Waals surface area contributed by atoms with E-state index in [0.29, 0.717) is 19.0 Å². The first-order chi connectivity index (χ1) is 9.25. The molecule has 1 saturated heterocycles. The highest BCUT2D eigenvalue weighted by atomic mass is 35.7. The highest BCUT2D eigenvalue weighted by Crippen LogP contribution is 2.26. The Morgan fingerprint density at radius 2 is 1.70 bits per heavy atom. The molecule has 1 atom stereocenters. The van der Waals surface area contributed by atoms with Crippen LogP contribution < -0.4 is 0 Å². The fourth-order valence-electron chi connectivity index (χ4n) is 2.27. The van der Waals surface area contributed by atoms with E-state index < -0.39 is 19.1 Å². The van der Waals surface area contributed by atoms with Crippen LogP contribution in [-0.4, -0.2) is 34.2 Å². The van der Waals surface area contributed by atoms with Gasteiger partial charge in [-0.1, -0.05) is 13.3 Å². The third-order valence-corrected chi connectivity index (χ3v) is 6.82. The van der Waals surface area contributed by atoms with Crippen LogP contribution in [0, 0.1) is 5.92 Å². The first kappa shape index (κ1) is 15.8. The predicted molar refractivity (Wildman–Crippen MR) is 76.6 cm³/mol. The summed E-state index contributed by atoms with van der Waals surface area (Å²) >= 11 is 0. The average Bonchev–Trinajstić information content (AvgIpc) is 2.87. The van der Waals surface area contributed by atoms with E-state index in [-0.39, 0.29) is 9.79 Å². The molecule has 0 aromatic heterocycles. The van der Waals surface area contributed by atoms with Gasteiger partial charge in [-0.2, -0.15) is 4.31 Å². The number of sulfonamides is 1. The van der Waals surface area contributed by atoms with E-state index in [0.717, 1.165) is 12.8 Å². The Hall–Kier alpha value is -0.630. The van der Waals surface area contributed by atoms with Crippen LogP contribution in [0.25, 0.3) is 0 Å². The Morgan fingerprint density at radius 1 is 1.15 bits per heavy atom. The van der Waals surface area contributed by atoms with Gasteiger partial charge in [-0.3, -0.25) is 0 Å². The third kappa shape index (κ3) is 3.16. The minimum atomic E-state index is -3.83. The minimum absolute atomic E-state index is 0.0957. The zero-order valence-corrected chi connectivity index (χ0v) is 13.4. The molecule has 0 N–H and O–H groups in total. The van der Waals surface area contributed by atoms with Gasteiger partial charge in [-0.25, -0.2) is 16.8 Å². The smallest absolute Gasteiger partial charge is 0.207 e. The second-order valence-corrected chi connectivity index (χ2v) is 9.34. The minimum Gasteiger partial charge on any atom is -0.207 e. The molecule has 0 aliphatic carbocycles. The third-order valence-electron chi connectivity index (χ3n) is 3.57. The quantitative estimate of drug-likeness (QED) is 0.788. The standard InChI is InChI=1S/C12H16ClNO4S2/c1-2-10-7-8-14(9-10)20(17,18)12-5-3-11(4-6-12)19(13,15)16/h3-6,10H,2,7-9H2,1H3. The van der Waals surface area contributed by atoms with Gasteiger partial charge in [0.05, 0.1) is 9.79 Å². The lowest BCUT2D eigenvalue weighted by Crippen LogP contribution is -2.28. The maximum absolute atomic E-state index is 12.4. The monoisotopic (exact) mass is 337 g/mol. The molecule has 2 rings (SSSR count). The lowest BCUT2D eigenvalue weighted by Gasteiger charge is -2.16. The van der Waals surface area contributed by atoms with Crippen molar-refractivity contribution in [1.82, 2.24) is 4.31 Å². The van der Waals surface area contributed by atoms with Crippen LogP contribution in [0.3, 0.4) is 0 Å². The van der Waals surface area contributed by atoms with Gasteiger partial charge >= 0.3 is 0 Å². The summed E-state index contributed by atoms with van der Waals surface area (Å²) in [7, 11) is -2.18. The van der Waals surface area contributed by atoms with Crippen molar-refractivity contribution >= 4 is 29.8 Å². The van der Waals surface area contributed by atoms with E-state index in [2.05, 4.69) is 0 Å². The summed E-state index contributed by atoms with van der Waals surface area (Å²) in [5.74, 6) is 0.396. The molecule has 0 amide bonds. The van der Waals surface area contributed by atoms with E-state index in [1.165, 1.54) is 28.6 Å². The lowest BCUT2D eigenvalue weighted by atomic mass is 10.1. The second kappa shape index (κ2) is 5.63. The highest BCUT2D eigenvalue weighted by Gasteiger charge is 2.31. The van der Waals surface area contributed by atoms with Crippen LogP contribution in [0.2, 0.25) is 0 Å².